The number of methoxy groups -OCH3 is 1. The predicted molar refractivity (Wildman–Crippen MR) is 122 cm³/mol. The maximum Gasteiger partial charge on any atom is 0.243 e. The van der Waals surface area contributed by atoms with Gasteiger partial charge in [-0.2, -0.15) is 4.31 Å². The van der Waals surface area contributed by atoms with Gasteiger partial charge in [-0.1, -0.05) is 17.7 Å². The molecule has 0 unspecified atom stereocenters. The Morgan fingerprint density at radius 3 is 2.62 bits per heavy atom. The molecule has 0 aromatic heterocycles. The summed E-state index contributed by atoms with van der Waals surface area (Å²) in [6.07, 6.45) is 1.27. The number of halogens is 1. The van der Waals surface area contributed by atoms with Crippen LogP contribution in [0.1, 0.15) is 19.3 Å². The van der Waals surface area contributed by atoms with E-state index in [0.717, 1.165) is 0 Å². The quantitative estimate of drug-likeness (QED) is 0.605. The van der Waals surface area contributed by atoms with Crippen molar-refractivity contribution in [2.24, 2.45) is 5.92 Å². The van der Waals surface area contributed by atoms with Gasteiger partial charge in [0.05, 0.1) is 17.9 Å². The number of piperidine rings is 1. The maximum atomic E-state index is 12.9. The monoisotopic (exact) mass is 479 g/mol. The first-order chi connectivity index (χ1) is 15.3. The Labute approximate surface area is 192 Å². The minimum absolute atomic E-state index is 0.0961. The van der Waals surface area contributed by atoms with Crippen LogP contribution in [-0.2, 0) is 19.6 Å². The van der Waals surface area contributed by atoms with Gasteiger partial charge in [0.1, 0.15) is 5.75 Å². The fourth-order valence-electron chi connectivity index (χ4n) is 3.50. The largest absolute Gasteiger partial charge is 0.497 e. The van der Waals surface area contributed by atoms with Crippen LogP contribution < -0.4 is 15.4 Å². The molecule has 2 aromatic rings. The van der Waals surface area contributed by atoms with E-state index in [9.17, 15) is 18.0 Å². The number of hydrogen-bond donors (Lipinski definition) is 2. The zero-order valence-corrected chi connectivity index (χ0v) is 19.3. The van der Waals surface area contributed by atoms with Crippen LogP contribution in [0.2, 0.25) is 5.02 Å². The second-order valence-corrected chi connectivity index (χ2v) is 9.85. The first kappa shape index (κ1) is 24.0. The Kier molecular flexibility index (Phi) is 8.11. The standard InChI is InChI=1S/C22H26ClN3O5S/c1-31-19-7-9-20(10-8-19)32(29,30)26-13-3-4-16(15-26)22(28)24-12-11-21(27)25-18-6-2-5-17(23)14-18/h2,5-10,14,16H,3-4,11-13,15H2,1H3,(H,24,28)(H,25,27)/t16-/m0/s1. The van der Waals surface area contributed by atoms with Crippen molar-refractivity contribution in [3.63, 3.8) is 0 Å². The fourth-order valence-corrected chi connectivity index (χ4v) is 5.22. The van der Waals surface area contributed by atoms with Crippen LogP contribution in [0.15, 0.2) is 53.4 Å². The summed E-state index contributed by atoms with van der Waals surface area (Å²) in [6, 6.07) is 13.0. The van der Waals surface area contributed by atoms with E-state index in [4.69, 9.17) is 16.3 Å². The molecular weight excluding hydrogens is 454 g/mol. The number of anilines is 1. The molecule has 32 heavy (non-hydrogen) atoms. The molecule has 0 radical (unpaired) electrons. The van der Waals surface area contributed by atoms with Gasteiger partial charge in [0.15, 0.2) is 0 Å². The van der Waals surface area contributed by atoms with E-state index in [1.54, 1.807) is 36.4 Å². The molecule has 0 saturated carbocycles. The van der Waals surface area contributed by atoms with Crippen LogP contribution in [0, 0.1) is 5.92 Å². The molecule has 1 fully saturated rings. The minimum atomic E-state index is -3.70. The average molecular weight is 480 g/mol. The van der Waals surface area contributed by atoms with Crippen LogP contribution in [0.4, 0.5) is 5.69 Å². The Bertz CT molecular complexity index is 1060. The van der Waals surface area contributed by atoms with Crippen molar-refractivity contribution in [2.45, 2.75) is 24.2 Å². The number of carbonyl (C=O) groups is 2. The van der Waals surface area contributed by atoms with E-state index in [1.165, 1.54) is 23.5 Å². The summed E-state index contributed by atoms with van der Waals surface area (Å²) >= 11 is 5.90. The lowest BCUT2D eigenvalue weighted by molar-refractivity contribution is -0.126. The molecule has 2 N–H and O–H groups in total. The molecule has 172 valence electrons. The number of ether oxygens (including phenoxy) is 1. The maximum absolute atomic E-state index is 12.9. The van der Waals surface area contributed by atoms with Gasteiger partial charge in [0.25, 0.3) is 0 Å². The van der Waals surface area contributed by atoms with Crippen LogP contribution in [0.3, 0.4) is 0 Å². The molecule has 2 aromatic carbocycles. The van der Waals surface area contributed by atoms with E-state index in [0.29, 0.717) is 35.8 Å². The van der Waals surface area contributed by atoms with Crippen molar-refractivity contribution in [3.8, 4) is 5.75 Å². The lowest BCUT2D eigenvalue weighted by atomic mass is 9.99. The third kappa shape index (κ3) is 6.21. The molecule has 1 saturated heterocycles. The lowest BCUT2D eigenvalue weighted by Crippen LogP contribution is -2.45. The van der Waals surface area contributed by atoms with Gasteiger partial charge in [-0.25, -0.2) is 8.42 Å². The first-order valence-electron chi connectivity index (χ1n) is 10.3. The van der Waals surface area contributed by atoms with Crippen molar-refractivity contribution in [2.75, 3.05) is 32.1 Å². The van der Waals surface area contributed by atoms with E-state index >= 15 is 0 Å². The van der Waals surface area contributed by atoms with Crippen molar-refractivity contribution in [3.05, 3.63) is 53.6 Å². The average Bonchev–Trinajstić information content (AvgIpc) is 2.79. The molecule has 3 rings (SSSR count). The minimum Gasteiger partial charge on any atom is -0.497 e. The Morgan fingerprint density at radius 1 is 1.19 bits per heavy atom. The summed E-state index contributed by atoms with van der Waals surface area (Å²) in [5.74, 6) is -0.401. The highest BCUT2D eigenvalue weighted by atomic mass is 35.5. The highest BCUT2D eigenvalue weighted by Crippen LogP contribution is 2.25. The van der Waals surface area contributed by atoms with Crippen LogP contribution in [0.5, 0.6) is 5.75 Å². The number of benzene rings is 2. The van der Waals surface area contributed by atoms with Gasteiger partial charge in [0, 0.05) is 36.8 Å². The van der Waals surface area contributed by atoms with Crippen molar-refractivity contribution >= 4 is 39.1 Å². The van der Waals surface area contributed by atoms with Crippen LogP contribution in [-0.4, -0.2) is 51.3 Å². The highest BCUT2D eigenvalue weighted by molar-refractivity contribution is 7.89. The number of amides is 2. The number of sulfonamides is 1. The van der Waals surface area contributed by atoms with Gasteiger partial charge in [-0.15, -0.1) is 0 Å². The van der Waals surface area contributed by atoms with Gasteiger partial charge >= 0.3 is 0 Å². The van der Waals surface area contributed by atoms with E-state index < -0.39 is 15.9 Å². The van der Waals surface area contributed by atoms with E-state index in [-0.39, 0.29) is 36.2 Å². The third-order valence-corrected chi connectivity index (χ3v) is 7.33. The topological polar surface area (TPSA) is 105 Å². The van der Waals surface area contributed by atoms with Gasteiger partial charge < -0.3 is 15.4 Å². The fraction of sp³-hybridized carbons (Fsp3) is 0.364. The summed E-state index contributed by atoms with van der Waals surface area (Å²) in [4.78, 5) is 24.8. The molecule has 2 amide bonds. The molecule has 1 aliphatic rings. The summed E-state index contributed by atoms with van der Waals surface area (Å²) in [7, 11) is -2.19. The molecule has 0 spiro atoms. The summed E-state index contributed by atoms with van der Waals surface area (Å²) < 4.78 is 32.3. The SMILES string of the molecule is COc1ccc(S(=O)(=O)N2CCC[C@H](C(=O)NCCC(=O)Nc3cccc(Cl)c3)C2)cc1. The van der Waals surface area contributed by atoms with Gasteiger partial charge in [-0.05, 0) is 55.3 Å². The summed E-state index contributed by atoms with van der Waals surface area (Å²) in [6.45, 7) is 0.627. The zero-order chi connectivity index (χ0) is 23.1. The third-order valence-electron chi connectivity index (χ3n) is 5.21. The number of nitrogens with one attached hydrogen (secondary N) is 2. The van der Waals surface area contributed by atoms with Crippen LogP contribution in [0.25, 0.3) is 0 Å². The molecule has 0 bridgehead atoms. The smallest absolute Gasteiger partial charge is 0.243 e. The lowest BCUT2D eigenvalue weighted by Gasteiger charge is -2.31. The number of hydrogen-bond acceptors (Lipinski definition) is 5. The Hall–Kier alpha value is -2.62. The second kappa shape index (κ2) is 10.8. The van der Waals surface area contributed by atoms with Crippen LogP contribution >= 0.6 is 11.6 Å². The van der Waals surface area contributed by atoms with Crippen molar-refractivity contribution < 1.29 is 22.7 Å². The Balaban J connectivity index is 1.50. The highest BCUT2D eigenvalue weighted by Gasteiger charge is 2.33. The molecule has 1 aliphatic heterocycles. The molecule has 1 heterocycles. The van der Waals surface area contributed by atoms with Crippen molar-refractivity contribution in [1.29, 1.82) is 0 Å². The molecule has 0 aliphatic carbocycles. The Morgan fingerprint density at radius 2 is 1.94 bits per heavy atom. The van der Waals surface area contributed by atoms with Crippen molar-refractivity contribution in [1.82, 2.24) is 9.62 Å². The number of nitrogens with zero attached hydrogens (tertiary/aromatic N) is 1. The summed E-state index contributed by atoms with van der Waals surface area (Å²) in [5.41, 5.74) is 0.584. The molecule has 1 atom stereocenters. The number of rotatable bonds is 8. The van der Waals surface area contributed by atoms with E-state index in [2.05, 4.69) is 10.6 Å². The molecular formula is C22H26ClN3O5S. The molecule has 8 nitrogen and oxygen atoms in total. The normalized spacial score (nSPS) is 16.9. The molecule has 10 heteroatoms. The second-order valence-electron chi connectivity index (χ2n) is 7.48. The van der Waals surface area contributed by atoms with Gasteiger partial charge in [0.2, 0.25) is 21.8 Å². The zero-order valence-electron chi connectivity index (χ0n) is 17.7. The van der Waals surface area contributed by atoms with E-state index in [1.807, 2.05) is 0 Å². The predicted octanol–water partition coefficient (Wildman–Crippen LogP) is 2.89. The summed E-state index contributed by atoms with van der Waals surface area (Å²) in [5, 5.41) is 5.98. The first-order valence-corrected chi connectivity index (χ1v) is 12.1. The van der Waals surface area contributed by atoms with Gasteiger partial charge in [-0.3, -0.25) is 9.59 Å². The number of carbonyl (C=O) groups excluding carboxylic acids is 2.